The van der Waals surface area contributed by atoms with Crippen molar-refractivity contribution in [1.29, 1.82) is 0 Å². The second kappa shape index (κ2) is 8.08. The number of hydrogen-bond donors (Lipinski definition) is 2. The van der Waals surface area contributed by atoms with E-state index >= 15 is 0 Å². The molecule has 1 unspecified atom stereocenters. The first-order valence-corrected chi connectivity index (χ1v) is 10.6. The van der Waals surface area contributed by atoms with E-state index in [-0.39, 0.29) is 23.4 Å². The van der Waals surface area contributed by atoms with Crippen LogP contribution in [0.2, 0.25) is 5.02 Å². The van der Waals surface area contributed by atoms with Gasteiger partial charge in [-0.25, -0.2) is 4.39 Å². The average molecular weight is 433 g/mol. The van der Waals surface area contributed by atoms with E-state index in [2.05, 4.69) is 9.80 Å². The van der Waals surface area contributed by atoms with Crippen molar-refractivity contribution in [3.8, 4) is 5.75 Å². The molecule has 160 valence electrons. The molecule has 2 aliphatic heterocycles. The standard InChI is InChI=1S/C23H26ClFN2O3/c1-26-14-23(19-12-17(25)2-5-21(19)26)6-8-27(9-7-23)13-16(22(29)30)10-15-11-18(28)3-4-20(15)24/h2-5,11-12,16,28H,6-10,13-14H2,1H3,(H,29,30). The van der Waals surface area contributed by atoms with Gasteiger partial charge in [-0.3, -0.25) is 4.79 Å². The van der Waals surface area contributed by atoms with Crippen molar-refractivity contribution in [3.63, 3.8) is 0 Å². The normalized spacial score (nSPS) is 19.1. The van der Waals surface area contributed by atoms with E-state index in [4.69, 9.17) is 11.6 Å². The van der Waals surface area contributed by atoms with E-state index < -0.39 is 11.9 Å². The van der Waals surface area contributed by atoms with Gasteiger partial charge in [0.05, 0.1) is 5.92 Å². The van der Waals surface area contributed by atoms with Crippen LogP contribution in [-0.2, 0) is 16.6 Å². The summed E-state index contributed by atoms with van der Waals surface area (Å²) in [7, 11) is 2.04. The SMILES string of the molecule is CN1CC2(CCN(CC(Cc3cc(O)ccc3Cl)C(=O)O)CC2)c2cc(F)ccc21. The van der Waals surface area contributed by atoms with Gasteiger partial charge in [-0.05, 0) is 79.9 Å². The summed E-state index contributed by atoms with van der Waals surface area (Å²) in [4.78, 5) is 16.3. The molecule has 1 atom stereocenters. The molecular formula is C23H26ClFN2O3. The number of aromatic hydroxyl groups is 1. The van der Waals surface area contributed by atoms with Crippen LogP contribution in [0.15, 0.2) is 36.4 Å². The highest BCUT2D eigenvalue weighted by atomic mass is 35.5. The molecule has 1 spiro atoms. The number of carbonyl (C=O) groups is 1. The smallest absolute Gasteiger partial charge is 0.308 e. The molecule has 0 aliphatic carbocycles. The van der Waals surface area contributed by atoms with Crippen molar-refractivity contribution >= 4 is 23.3 Å². The van der Waals surface area contributed by atoms with Crippen molar-refractivity contribution in [3.05, 3.63) is 58.4 Å². The fourth-order valence-corrected chi connectivity index (χ4v) is 5.20. The molecule has 7 heteroatoms. The van der Waals surface area contributed by atoms with Gasteiger partial charge in [-0.1, -0.05) is 11.6 Å². The van der Waals surface area contributed by atoms with Crippen molar-refractivity contribution in [2.75, 3.05) is 38.1 Å². The lowest BCUT2D eigenvalue weighted by atomic mass is 9.74. The minimum Gasteiger partial charge on any atom is -0.508 e. The maximum absolute atomic E-state index is 13.9. The molecule has 0 amide bonds. The summed E-state index contributed by atoms with van der Waals surface area (Å²) >= 11 is 6.19. The zero-order chi connectivity index (χ0) is 21.5. The Morgan fingerprint density at radius 2 is 1.97 bits per heavy atom. The summed E-state index contributed by atoms with van der Waals surface area (Å²) in [5.41, 5.74) is 2.73. The predicted octanol–water partition coefficient (Wildman–Crippen LogP) is 3.91. The molecule has 0 radical (unpaired) electrons. The third-order valence-electron chi connectivity index (χ3n) is 6.62. The number of fused-ring (bicyclic) bond motifs is 2. The molecule has 0 aromatic heterocycles. The fraction of sp³-hybridized carbons (Fsp3) is 0.435. The third kappa shape index (κ3) is 3.98. The van der Waals surface area contributed by atoms with Gasteiger partial charge in [0.2, 0.25) is 0 Å². The average Bonchev–Trinajstić information content (AvgIpc) is 2.96. The van der Waals surface area contributed by atoms with Gasteiger partial charge in [0.1, 0.15) is 11.6 Å². The van der Waals surface area contributed by atoms with Crippen LogP contribution in [0.25, 0.3) is 0 Å². The molecule has 0 saturated carbocycles. The van der Waals surface area contributed by atoms with Gasteiger partial charge in [0, 0.05) is 36.3 Å². The molecule has 4 rings (SSSR count). The van der Waals surface area contributed by atoms with Crippen LogP contribution in [0.5, 0.6) is 5.75 Å². The summed E-state index contributed by atoms with van der Waals surface area (Å²) in [6.45, 7) is 2.81. The van der Waals surface area contributed by atoms with Crippen LogP contribution in [0.4, 0.5) is 10.1 Å². The number of phenolic OH excluding ortho intramolecular Hbond substituents is 1. The topological polar surface area (TPSA) is 64.0 Å². The van der Waals surface area contributed by atoms with Crippen LogP contribution in [-0.4, -0.2) is 54.3 Å². The van der Waals surface area contributed by atoms with Crippen molar-refractivity contribution in [1.82, 2.24) is 4.90 Å². The quantitative estimate of drug-likeness (QED) is 0.750. The van der Waals surface area contributed by atoms with E-state index in [0.717, 1.165) is 43.7 Å². The highest BCUT2D eigenvalue weighted by Crippen LogP contribution is 2.46. The number of carboxylic acid groups (broad SMARTS) is 1. The molecule has 0 bridgehead atoms. The summed E-state index contributed by atoms with van der Waals surface area (Å²) in [5, 5.41) is 19.9. The van der Waals surface area contributed by atoms with Crippen LogP contribution >= 0.6 is 11.6 Å². The second-order valence-corrected chi connectivity index (χ2v) is 9.02. The Morgan fingerprint density at radius 1 is 1.23 bits per heavy atom. The Morgan fingerprint density at radius 3 is 2.67 bits per heavy atom. The monoisotopic (exact) mass is 432 g/mol. The fourth-order valence-electron chi connectivity index (χ4n) is 5.01. The van der Waals surface area contributed by atoms with E-state index in [0.29, 0.717) is 17.1 Å². The number of likely N-dealkylation sites (N-methyl/N-ethyl adjacent to an activating group) is 1. The number of likely N-dealkylation sites (tertiary alicyclic amines) is 1. The molecule has 1 saturated heterocycles. The number of piperidine rings is 1. The molecule has 2 N–H and O–H groups in total. The molecular weight excluding hydrogens is 407 g/mol. The van der Waals surface area contributed by atoms with Gasteiger partial charge >= 0.3 is 5.97 Å². The number of hydrogen-bond acceptors (Lipinski definition) is 4. The molecule has 2 aromatic rings. The third-order valence-corrected chi connectivity index (χ3v) is 6.99. The number of phenols is 1. The molecule has 2 aromatic carbocycles. The second-order valence-electron chi connectivity index (χ2n) is 8.61. The summed E-state index contributed by atoms with van der Waals surface area (Å²) in [6, 6.07) is 9.63. The van der Waals surface area contributed by atoms with E-state index in [1.54, 1.807) is 12.1 Å². The molecule has 2 heterocycles. The lowest BCUT2D eigenvalue weighted by Gasteiger charge is -2.40. The van der Waals surface area contributed by atoms with Crippen LogP contribution < -0.4 is 4.90 Å². The van der Waals surface area contributed by atoms with Crippen LogP contribution in [0.1, 0.15) is 24.0 Å². The van der Waals surface area contributed by atoms with Gasteiger partial charge in [0.25, 0.3) is 0 Å². The van der Waals surface area contributed by atoms with Crippen molar-refractivity contribution in [2.24, 2.45) is 5.92 Å². The van der Waals surface area contributed by atoms with Gasteiger partial charge in [-0.15, -0.1) is 0 Å². The minimum absolute atomic E-state index is 0.0735. The summed E-state index contributed by atoms with van der Waals surface area (Å²) in [5.74, 6) is -1.62. The largest absolute Gasteiger partial charge is 0.508 e. The maximum Gasteiger partial charge on any atom is 0.308 e. The lowest BCUT2D eigenvalue weighted by Crippen LogP contribution is -2.47. The molecule has 5 nitrogen and oxygen atoms in total. The summed E-state index contributed by atoms with van der Waals surface area (Å²) in [6.07, 6.45) is 2.00. The summed E-state index contributed by atoms with van der Waals surface area (Å²) < 4.78 is 13.9. The first-order valence-electron chi connectivity index (χ1n) is 10.2. The van der Waals surface area contributed by atoms with E-state index in [1.165, 1.54) is 18.2 Å². The van der Waals surface area contributed by atoms with Gasteiger partial charge in [-0.2, -0.15) is 0 Å². The van der Waals surface area contributed by atoms with Gasteiger partial charge < -0.3 is 20.0 Å². The molecule has 30 heavy (non-hydrogen) atoms. The molecule has 2 aliphatic rings. The number of benzene rings is 2. The zero-order valence-corrected chi connectivity index (χ0v) is 17.7. The highest BCUT2D eigenvalue weighted by molar-refractivity contribution is 6.31. The lowest BCUT2D eigenvalue weighted by molar-refractivity contribution is -0.142. The minimum atomic E-state index is -0.872. The van der Waals surface area contributed by atoms with E-state index in [1.807, 2.05) is 13.1 Å². The van der Waals surface area contributed by atoms with Crippen LogP contribution in [0, 0.1) is 11.7 Å². The Kier molecular flexibility index (Phi) is 5.64. The Bertz CT molecular complexity index is 959. The number of rotatable bonds is 5. The first kappa shape index (κ1) is 20.9. The van der Waals surface area contributed by atoms with Crippen LogP contribution in [0.3, 0.4) is 0 Å². The Labute approximate surface area is 180 Å². The zero-order valence-electron chi connectivity index (χ0n) is 16.9. The Hall–Kier alpha value is -2.31. The number of halogens is 2. The van der Waals surface area contributed by atoms with Gasteiger partial charge in [0.15, 0.2) is 0 Å². The van der Waals surface area contributed by atoms with E-state index in [9.17, 15) is 19.4 Å². The number of carboxylic acids is 1. The Balaban J connectivity index is 1.45. The number of aliphatic carboxylic acids is 1. The maximum atomic E-state index is 13.9. The van der Waals surface area contributed by atoms with Crippen molar-refractivity contribution in [2.45, 2.75) is 24.7 Å². The highest BCUT2D eigenvalue weighted by Gasteiger charge is 2.44. The number of nitrogens with zero attached hydrogens (tertiary/aromatic N) is 2. The number of anilines is 1. The van der Waals surface area contributed by atoms with Crippen molar-refractivity contribution < 1.29 is 19.4 Å². The molecule has 1 fully saturated rings. The predicted molar refractivity (Wildman–Crippen MR) is 115 cm³/mol. The first-order chi connectivity index (χ1) is 14.3.